The van der Waals surface area contributed by atoms with Crippen molar-refractivity contribution in [3.8, 4) is 5.75 Å². The van der Waals surface area contributed by atoms with Gasteiger partial charge in [0.2, 0.25) is 0 Å². The number of nitrogens with zero attached hydrogens (tertiary/aromatic N) is 1. The van der Waals surface area contributed by atoms with Crippen molar-refractivity contribution in [3.63, 3.8) is 0 Å². The minimum absolute atomic E-state index is 0.0397. The van der Waals surface area contributed by atoms with E-state index < -0.39 is 29.4 Å². The van der Waals surface area contributed by atoms with Gasteiger partial charge in [-0.2, -0.15) is 13.2 Å². The Bertz CT molecular complexity index is 1170. The molecule has 3 aromatic rings. The lowest BCUT2D eigenvalue weighted by atomic mass is 10.1. The van der Waals surface area contributed by atoms with E-state index in [0.717, 1.165) is 18.2 Å². The normalized spacial score (nSPS) is 11.2. The number of benzene rings is 2. The van der Waals surface area contributed by atoms with Gasteiger partial charge in [-0.1, -0.05) is 6.07 Å². The van der Waals surface area contributed by atoms with Crippen LogP contribution in [0.3, 0.4) is 0 Å². The highest BCUT2D eigenvalue weighted by Gasteiger charge is 2.30. The zero-order chi connectivity index (χ0) is 24.0. The van der Waals surface area contributed by atoms with Crippen LogP contribution >= 0.6 is 0 Å². The van der Waals surface area contributed by atoms with Gasteiger partial charge < -0.3 is 15.8 Å². The Kier molecular flexibility index (Phi) is 7.27. The molecule has 33 heavy (non-hydrogen) atoms. The molecule has 10 heteroatoms. The molecule has 0 saturated heterocycles. The van der Waals surface area contributed by atoms with Gasteiger partial charge in [-0.05, 0) is 60.0 Å². The number of carbonyl (C=O) groups is 2. The highest BCUT2D eigenvalue weighted by molar-refractivity contribution is 5.94. The van der Waals surface area contributed by atoms with Gasteiger partial charge in [0.1, 0.15) is 23.9 Å². The summed E-state index contributed by atoms with van der Waals surface area (Å²) in [5.41, 5.74) is 5.35. The van der Waals surface area contributed by atoms with Crippen molar-refractivity contribution in [2.24, 2.45) is 5.73 Å². The van der Waals surface area contributed by atoms with Crippen LogP contribution in [-0.2, 0) is 19.2 Å². The number of primary amides is 1. The number of halogens is 4. The Balaban J connectivity index is 1.58. The number of hydrogen-bond acceptors (Lipinski definition) is 4. The first kappa shape index (κ1) is 23.7. The standard InChI is InChI=1S/C23H19F4N3O3/c24-18-8-14(4-7-30-22(32)16-2-1-3-17(11-16)23(25,26)27)9-19(12-18)33-13-15-5-6-29-20(10-15)21(28)31/h1-3,5-6,8-12H,4,7,13H2,(H2,28,31)(H,30,32). The van der Waals surface area contributed by atoms with Crippen molar-refractivity contribution in [1.29, 1.82) is 0 Å². The Morgan fingerprint density at radius 3 is 2.55 bits per heavy atom. The molecule has 0 bridgehead atoms. The average Bonchev–Trinajstić information content (AvgIpc) is 2.77. The molecule has 0 saturated carbocycles. The minimum atomic E-state index is -4.55. The van der Waals surface area contributed by atoms with Crippen molar-refractivity contribution < 1.29 is 31.9 Å². The lowest BCUT2D eigenvalue weighted by molar-refractivity contribution is -0.137. The minimum Gasteiger partial charge on any atom is -0.489 e. The molecule has 0 atom stereocenters. The molecule has 3 rings (SSSR count). The van der Waals surface area contributed by atoms with Gasteiger partial charge >= 0.3 is 6.18 Å². The van der Waals surface area contributed by atoms with Crippen LogP contribution in [0.25, 0.3) is 0 Å². The molecule has 172 valence electrons. The quantitative estimate of drug-likeness (QED) is 0.498. The number of carbonyl (C=O) groups excluding carboxylic acids is 2. The summed E-state index contributed by atoms with van der Waals surface area (Å²) in [6, 6.07) is 11.2. The molecule has 0 radical (unpaired) electrons. The van der Waals surface area contributed by atoms with Crippen molar-refractivity contribution >= 4 is 11.8 Å². The number of aromatic nitrogens is 1. The number of nitrogens with one attached hydrogen (secondary N) is 1. The summed E-state index contributed by atoms with van der Waals surface area (Å²) in [6.07, 6.45) is -2.92. The molecule has 0 aliphatic rings. The number of pyridine rings is 1. The fourth-order valence-corrected chi connectivity index (χ4v) is 2.97. The van der Waals surface area contributed by atoms with Gasteiger partial charge in [0.25, 0.3) is 11.8 Å². The lowest BCUT2D eigenvalue weighted by Crippen LogP contribution is -2.26. The summed E-state index contributed by atoms with van der Waals surface area (Å²) in [7, 11) is 0. The first-order valence-corrected chi connectivity index (χ1v) is 9.74. The van der Waals surface area contributed by atoms with E-state index in [9.17, 15) is 27.2 Å². The molecule has 0 unspecified atom stereocenters. The fourth-order valence-electron chi connectivity index (χ4n) is 2.97. The zero-order valence-electron chi connectivity index (χ0n) is 17.2. The van der Waals surface area contributed by atoms with Crippen LogP contribution < -0.4 is 15.8 Å². The van der Waals surface area contributed by atoms with Gasteiger partial charge in [-0.3, -0.25) is 14.6 Å². The van der Waals surface area contributed by atoms with Crippen molar-refractivity contribution in [1.82, 2.24) is 10.3 Å². The predicted molar refractivity (Wildman–Crippen MR) is 111 cm³/mol. The highest BCUT2D eigenvalue weighted by Crippen LogP contribution is 2.29. The van der Waals surface area contributed by atoms with Crippen LogP contribution in [-0.4, -0.2) is 23.3 Å². The second-order valence-corrected chi connectivity index (χ2v) is 7.08. The van der Waals surface area contributed by atoms with E-state index >= 15 is 0 Å². The van der Waals surface area contributed by atoms with E-state index in [2.05, 4.69) is 10.3 Å². The smallest absolute Gasteiger partial charge is 0.416 e. The molecule has 2 aromatic carbocycles. The maximum absolute atomic E-state index is 14.0. The van der Waals surface area contributed by atoms with E-state index in [4.69, 9.17) is 10.5 Å². The summed E-state index contributed by atoms with van der Waals surface area (Å²) in [5.74, 6) is -1.68. The number of ether oxygens (including phenoxy) is 1. The molecule has 0 fully saturated rings. The van der Waals surface area contributed by atoms with Crippen LogP contribution in [0.1, 0.15) is 37.5 Å². The van der Waals surface area contributed by atoms with Gasteiger partial charge in [-0.15, -0.1) is 0 Å². The topological polar surface area (TPSA) is 94.3 Å². The second kappa shape index (κ2) is 10.1. The Morgan fingerprint density at radius 1 is 1.03 bits per heavy atom. The summed E-state index contributed by atoms with van der Waals surface area (Å²) in [4.78, 5) is 27.2. The predicted octanol–water partition coefficient (Wildman–Crippen LogP) is 3.89. The van der Waals surface area contributed by atoms with Crippen LogP contribution in [0, 0.1) is 5.82 Å². The van der Waals surface area contributed by atoms with E-state index in [1.165, 1.54) is 30.5 Å². The monoisotopic (exact) mass is 461 g/mol. The molecule has 2 amide bonds. The van der Waals surface area contributed by atoms with Crippen molar-refractivity contribution in [2.75, 3.05) is 6.54 Å². The molecule has 1 heterocycles. The summed E-state index contributed by atoms with van der Waals surface area (Å²) >= 11 is 0. The van der Waals surface area contributed by atoms with Gasteiger partial charge in [0, 0.05) is 24.4 Å². The third-order valence-corrected chi connectivity index (χ3v) is 4.56. The molecular weight excluding hydrogens is 442 g/mol. The molecule has 0 aliphatic heterocycles. The van der Waals surface area contributed by atoms with Crippen LogP contribution in [0.4, 0.5) is 17.6 Å². The summed E-state index contributed by atoms with van der Waals surface area (Å²) in [5, 5.41) is 2.52. The molecule has 0 spiro atoms. The maximum atomic E-state index is 14.0. The van der Waals surface area contributed by atoms with E-state index in [1.807, 2.05) is 0 Å². The SMILES string of the molecule is NC(=O)c1cc(COc2cc(F)cc(CCNC(=O)c3cccc(C(F)(F)F)c3)c2)ccn1. The fraction of sp³-hybridized carbons (Fsp3) is 0.174. The van der Waals surface area contributed by atoms with E-state index in [0.29, 0.717) is 11.1 Å². The third kappa shape index (κ3) is 6.76. The number of amides is 2. The van der Waals surface area contributed by atoms with E-state index in [-0.39, 0.29) is 36.6 Å². The molecule has 3 N–H and O–H groups in total. The lowest BCUT2D eigenvalue weighted by Gasteiger charge is -2.11. The van der Waals surface area contributed by atoms with Gasteiger partial charge in [0.05, 0.1) is 5.56 Å². The van der Waals surface area contributed by atoms with E-state index in [1.54, 1.807) is 12.1 Å². The number of rotatable bonds is 8. The Labute approximate surface area is 186 Å². The van der Waals surface area contributed by atoms with Gasteiger partial charge in [0.15, 0.2) is 0 Å². The van der Waals surface area contributed by atoms with Gasteiger partial charge in [-0.25, -0.2) is 4.39 Å². The highest BCUT2D eigenvalue weighted by atomic mass is 19.4. The largest absolute Gasteiger partial charge is 0.489 e. The Morgan fingerprint density at radius 2 is 1.82 bits per heavy atom. The van der Waals surface area contributed by atoms with Crippen molar-refractivity contribution in [3.05, 3.63) is 94.6 Å². The molecule has 0 aliphatic carbocycles. The second-order valence-electron chi connectivity index (χ2n) is 7.08. The van der Waals surface area contributed by atoms with Crippen LogP contribution in [0.15, 0.2) is 60.8 Å². The number of hydrogen-bond donors (Lipinski definition) is 2. The number of alkyl halides is 3. The molecule has 6 nitrogen and oxygen atoms in total. The summed E-state index contributed by atoms with van der Waals surface area (Å²) in [6.45, 7) is 0.113. The summed E-state index contributed by atoms with van der Waals surface area (Å²) < 4.78 is 58.0. The number of nitrogens with two attached hydrogens (primary N) is 1. The molecule has 1 aromatic heterocycles. The first-order chi connectivity index (χ1) is 15.6. The maximum Gasteiger partial charge on any atom is 0.416 e. The third-order valence-electron chi connectivity index (χ3n) is 4.56. The zero-order valence-corrected chi connectivity index (χ0v) is 17.2. The van der Waals surface area contributed by atoms with Crippen LogP contribution in [0.2, 0.25) is 0 Å². The first-order valence-electron chi connectivity index (χ1n) is 9.74. The average molecular weight is 461 g/mol. The Hall–Kier alpha value is -3.95. The van der Waals surface area contributed by atoms with Crippen LogP contribution in [0.5, 0.6) is 5.75 Å². The molecular formula is C23H19F4N3O3. The van der Waals surface area contributed by atoms with Crippen molar-refractivity contribution in [2.45, 2.75) is 19.2 Å².